The van der Waals surface area contributed by atoms with Gasteiger partial charge in [0.15, 0.2) is 21.7 Å². The molecule has 5 atom stereocenters. The highest BCUT2D eigenvalue weighted by molar-refractivity contribution is 8.09. The van der Waals surface area contributed by atoms with Crippen molar-refractivity contribution in [2.75, 3.05) is 18.9 Å². The second-order valence-electron chi connectivity index (χ2n) is 9.32. The van der Waals surface area contributed by atoms with Crippen LogP contribution in [0.4, 0.5) is 5.95 Å². The number of imidazole rings is 1. The third kappa shape index (κ3) is 7.20. The van der Waals surface area contributed by atoms with E-state index in [9.17, 15) is 9.90 Å². The molecule has 1 aliphatic heterocycles. The molecule has 4 rings (SSSR count). The summed E-state index contributed by atoms with van der Waals surface area (Å²) in [6, 6.07) is 7.85. The van der Waals surface area contributed by atoms with Crippen LogP contribution in [-0.4, -0.2) is 72.5 Å². The number of para-hydroxylation sites is 1. The molecular formula is C24H31Cl2N6O7PS. The van der Waals surface area contributed by atoms with Crippen molar-refractivity contribution in [2.45, 2.75) is 62.6 Å². The average Bonchev–Trinajstić information content (AvgIpc) is 3.41. The molecule has 13 nitrogen and oxygen atoms in total. The van der Waals surface area contributed by atoms with E-state index in [0.29, 0.717) is 17.9 Å². The lowest BCUT2D eigenvalue weighted by atomic mass is 10.2. The van der Waals surface area contributed by atoms with Crippen molar-refractivity contribution >= 4 is 64.7 Å². The van der Waals surface area contributed by atoms with E-state index in [4.69, 9.17) is 64.0 Å². The van der Waals surface area contributed by atoms with Crippen molar-refractivity contribution < 1.29 is 33.2 Å². The van der Waals surface area contributed by atoms with Crippen molar-refractivity contribution in [2.24, 2.45) is 0 Å². The summed E-state index contributed by atoms with van der Waals surface area (Å²) in [5.74, 6) is -0.00981. The molecule has 0 radical (unpaired) electrons. The number of aliphatic hydroxyl groups excluding tert-OH is 1. The van der Waals surface area contributed by atoms with Crippen molar-refractivity contribution in [3.05, 3.63) is 36.7 Å². The van der Waals surface area contributed by atoms with E-state index in [1.165, 1.54) is 10.9 Å². The predicted molar refractivity (Wildman–Crippen MR) is 156 cm³/mol. The molecule has 3 heterocycles. The standard InChI is InChI=1S/C24H31Cl2N6O7PS/c1-5-35-20-17-19(29-23(27)30-20)32(12-28-17)22-24(25,26)18(33)16(38-22)11-36-40(41,39-15-9-7-6-8-10-15)31-14(4)21(34)37-13(2)3/h6-10,12-14,16,18,22,33H,5,11H2,1-4H3,(H,31,41)(H2,27,29,30)/t14-,16+,18+,22+,40-/m0/s1. The van der Waals surface area contributed by atoms with E-state index in [1.807, 2.05) is 6.07 Å². The first-order chi connectivity index (χ1) is 19.3. The average molecular weight is 649 g/mol. The van der Waals surface area contributed by atoms with Gasteiger partial charge in [0.25, 0.3) is 0 Å². The molecule has 1 fully saturated rings. The maximum atomic E-state index is 12.5. The summed E-state index contributed by atoms with van der Waals surface area (Å²) in [6.07, 6.45) is -2.62. The van der Waals surface area contributed by atoms with Crippen LogP contribution in [0.3, 0.4) is 0 Å². The first kappa shape index (κ1) is 31.6. The maximum absolute atomic E-state index is 12.5. The van der Waals surface area contributed by atoms with Gasteiger partial charge < -0.3 is 34.1 Å². The number of hydrogen-bond donors (Lipinski definition) is 3. The van der Waals surface area contributed by atoms with Crippen LogP contribution in [-0.2, 0) is 30.6 Å². The molecule has 2 aromatic heterocycles. The fourth-order valence-electron chi connectivity index (χ4n) is 3.93. The normalized spacial score (nSPS) is 22.4. The fraction of sp³-hybridized carbons (Fsp3) is 0.500. The topological polar surface area (TPSA) is 165 Å². The van der Waals surface area contributed by atoms with Gasteiger partial charge in [-0.1, -0.05) is 41.4 Å². The number of nitrogens with two attached hydrogens (primary N) is 1. The van der Waals surface area contributed by atoms with Crippen LogP contribution in [0.25, 0.3) is 11.2 Å². The summed E-state index contributed by atoms with van der Waals surface area (Å²) >= 11 is 19.0. The van der Waals surface area contributed by atoms with E-state index in [-0.39, 0.29) is 30.2 Å². The zero-order valence-electron chi connectivity index (χ0n) is 22.6. The number of carbonyl (C=O) groups is 1. The monoisotopic (exact) mass is 648 g/mol. The number of nitrogens with zero attached hydrogens (tertiary/aromatic N) is 4. The first-order valence-electron chi connectivity index (χ1n) is 12.7. The number of benzene rings is 1. The molecule has 0 spiro atoms. The number of rotatable bonds is 12. The van der Waals surface area contributed by atoms with E-state index in [2.05, 4.69) is 20.0 Å². The second-order valence-corrected chi connectivity index (χ2v) is 13.9. The molecule has 1 aliphatic rings. The largest absolute Gasteiger partial charge is 0.476 e. The molecule has 1 aromatic carbocycles. The highest BCUT2D eigenvalue weighted by Gasteiger charge is 2.56. The van der Waals surface area contributed by atoms with E-state index in [0.717, 1.165) is 0 Å². The minimum Gasteiger partial charge on any atom is -0.476 e. The number of ether oxygens (including phenoxy) is 3. The highest BCUT2D eigenvalue weighted by atomic mass is 35.5. The van der Waals surface area contributed by atoms with Gasteiger partial charge in [-0.25, -0.2) is 10.1 Å². The molecular weight excluding hydrogens is 618 g/mol. The summed E-state index contributed by atoms with van der Waals surface area (Å²) < 4.78 is 28.5. The Bertz CT molecular complexity index is 1420. The van der Waals surface area contributed by atoms with Gasteiger partial charge in [0.1, 0.15) is 24.0 Å². The SMILES string of the molecule is CCOc1nc(N)nc2c1ncn2[C@@H]1O[C@H](CO[P@@](=S)(N[C@@H](C)C(=O)OC(C)C)Oc2ccccc2)[C@@H](O)C1(Cl)Cl. The van der Waals surface area contributed by atoms with E-state index >= 15 is 0 Å². The molecule has 0 aliphatic carbocycles. The van der Waals surface area contributed by atoms with Crippen LogP contribution in [0.1, 0.15) is 33.9 Å². The Kier molecular flexibility index (Phi) is 9.97. The lowest BCUT2D eigenvalue weighted by molar-refractivity contribution is -0.149. The minimum atomic E-state index is -3.42. The number of anilines is 1. The molecule has 3 aromatic rings. The van der Waals surface area contributed by atoms with Crippen LogP contribution in [0.15, 0.2) is 36.7 Å². The summed E-state index contributed by atoms with van der Waals surface area (Å²) in [4.78, 5) is 25.1. The van der Waals surface area contributed by atoms with Crippen LogP contribution in [0, 0.1) is 0 Å². The molecule has 0 amide bonds. The van der Waals surface area contributed by atoms with Crippen molar-refractivity contribution in [1.82, 2.24) is 24.6 Å². The van der Waals surface area contributed by atoms with Gasteiger partial charge in [0, 0.05) is 0 Å². The van der Waals surface area contributed by atoms with Gasteiger partial charge in [0.2, 0.25) is 11.8 Å². The Morgan fingerprint density at radius 3 is 2.66 bits per heavy atom. The number of halogens is 2. The van der Waals surface area contributed by atoms with E-state index < -0.39 is 41.4 Å². The van der Waals surface area contributed by atoms with Crippen molar-refractivity contribution in [3.63, 3.8) is 0 Å². The fourth-order valence-corrected chi connectivity index (χ4v) is 6.94. The molecule has 17 heteroatoms. The van der Waals surface area contributed by atoms with Gasteiger partial charge >= 0.3 is 12.6 Å². The van der Waals surface area contributed by atoms with E-state index in [1.54, 1.807) is 52.0 Å². The zero-order chi connectivity index (χ0) is 29.9. The number of esters is 1. The van der Waals surface area contributed by atoms with Gasteiger partial charge in [-0.2, -0.15) is 9.97 Å². The molecule has 224 valence electrons. The maximum Gasteiger partial charge on any atom is 0.323 e. The second kappa shape index (κ2) is 12.9. The number of nitrogens with one attached hydrogen (secondary N) is 1. The lowest BCUT2D eigenvalue weighted by Gasteiger charge is -2.28. The molecule has 0 bridgehead atoms. The molecule has 0 unspecified atom stereocenters. The van der Waals surface area contributed by atoms with Crippen LogP contribution in [0.5, 0.6) is 11.6 Å². The smallest absolute Gasteiger partial charge is 0.323 e. The summed E-state index contributed by atoms with van der Waals surface area (Å²) in [7, 11) is 0. The van der Waals surface area contributed by atoms with Gasteiger partial charge in [0.05, 0.1) is 25.6 Å². The number of aliphatic hydroxyl groups is 1. The third-order valence-corrected chi connectivity index (χ3v) is 9.07. The highest BCUT2D eigenvalue weighted by Crippen LogP contribution is 2.50. The van der Waals surface area contributed by atoms with Crippen LogP contribution >= 0.6 is 29.8 Å². The first-order valence-corrected chi connectivity index (χ1v) is 16.1. The van der Waals surface area contributed by atoms with Crippen molar-refractivity contribution in [1.29, 1.82) is 0 Å². The predicted octanol–water partition coefficient (Wildman–Crippen LogP) is 3.49. The number of nitrogen functional groups attached to an aromatic ring is 1. The Balaban J connectivity index is 1.56. The number of alkyl halides is 2. The molecule has 4 N–H and O–H groups in total. The van der Waals surface area contributed by atoms with Crippen molar-refractivity contribution in [3.8, 4) is 11.6 Å². The molecule has 41 heavy (non-hydrogen) atoms. The van der Waals surface area contributed by atoms with Crippen LogP contribution < -0.4 is 20.1 Å². The number of fused-ring (bicyclic) bond motifs is 1. The van der Waals surface area contributed by atoms with Gasteiger partial charge in [-0.05, 0) is 51.6 Å². The Labute approximate surface area is 251 Å². The Hall–Kier alpha value is -2.29. The lowest BCUT2D eigenvalue weighted by Crippen LogP contribution is -2.39. The molecule has 1 saturated heterocycles. The van der Waals surface area contributed by atoms with Gasteiger partial charge in [-0.3, -0.25) is 9.36 Å². The molecule has 0 saturated carbocycles. The quantitative estimate of drug-likeness (QED) is 0.149. The Morgan fingerprint density at radius 1 is 1.29 bits per heavy atom. The summed E-state index contributed by atoms with van der Waals surface area (Å²) in [5.41, 5.74) is 6.41. The van der Waals surface area contributed by atoms with Gasteiger partial charge in [-0.15, -0.1) is 0 Å². The van der Waals surface area contributed by atoms with Crippen LogP contribution in [0.2, 0.25) is 0 Å². The number of hydrogen-bond acceptors (Lipinski definition) is 12. The number of aromatic nitrogens is 4. The third-order valence-electron chi connectivity index (χ3n) is 5.75. The summed E-state index contributed by atoms with van der Waals surface area (Å²) in [6.45, 7) is 3.44. The zero-order valence-corrected chi connectivity index (χ0v) is 25.9. The minimum absolute atomic E-state index is 0.0641. The number of carbonyl (C=O) groups excluding carboxylic acids is 1. The Morgan fingerprint density at radius 2 is 2.00 bits per heavy atom. The summed E-state index contributed by atoms with van der Waals surface area (Å²) in [5, 5.41) is 14.0.